The van der Waals surface area contributed by atoms with Crippen molar-refractivity contribution in [3.8, 4) is 11.5 Å². The van der Waals surface area contributed by atoms with Gasteiger partial charge in [0, 0.05) is 0 Å². The van der Waals surface area contributed by atoms with Gasteiger partial charge < -0.3 is 9.47 Å². The Bertz CT molecular complexity index is 639. The summed E-state index contributed by atoms with van der Waals surface area (Å²) in [4.78, 5) is 12.8. The zero-order valence-corrected chi connectivity index (χ0v) is 11.6. The molecule has 1 atom stereocenters. The summed E-state index contributed by atoms with van der Waals surface area (Å²) >= 11 is 0. The van der Waals surface area contributed by atoms with Crippen molar-refractivity contribution in [2.45, 2.75) is 12.3 Å². The average molecular weight is 268 g/mol. The highest BCUT2D eigenvalue weighted by Gasteiger charge is 2.35. The summed E-state index contributed by atoms with van der Waals surface area (Å²) in [5.41, 5.74) is 2.90. The van der Waals surface area contributed by atoms with Crippen LogP contribution in [0.5, 0.6) is 11.5 Å². The maximum absolute atomic E-state index is 12.8. The van der Waals surface area contributed by atoms with Crippen LogP contribution in [0.2, 0.25) is 0 Å². The van der Waals surface area contributed by atoms with Gasteiger partial charge in [0.15, 0.2) is 5.78 Å². The van der Waals surface area contributed by atoms with E-state index in [0.717, 1.165) is 12.0 Å². The third-order valence-electron chi connectivity index (χ3n) is 3.85. The topological polar surface area (TPSA) is 35.5 Å². The van der Waals surface area contributed by atoms with Crippen LogP contribution in [0, 0.1) is 0 Å². The molecule has 3 rings (SSSR count). The minimum absolute atomic E-state index is 0.0676. The molecule has 0 amide bonds. The number of Topliss-reactive ketones (excluding diaryl/α,β-unsaturated/α-hetero) is 1. The lowest BCUT2D eigenvalue weighted by atomic mass is 9.73. The van der Waals surface area contributed by atoms with Gasteiger partial charge in [0.2, 0.25) is 0 Å². The molecule has 0 saturated heterocycles. The van der Waals surface area contributed by atoms with E-state index in [2.05, 4.69) is 6.07 Å². The fourth-order valence-electron chi connectivity index (χ4n) is 2.76. The van der Waals surface area contributed by atoms with Gasteiger partial charge in [-0.05, 0) is 29.7 Å². The van der Waals surface area contributed by atoms with Crippen molar-refractivity contribution in [3.05, 3.63) is 59.2 Å². The van der Waals surface area contributed by atoms with E-state index in [1.165, 1.54) is 5.56 Å². The molecular weight excluding hydrogens is 252 g/mol. The molecule has 1 aliphatic rings. The van der Waals surface area contributed by atoms with Crippen LogP contribution in [0.1, 0.15) is 27.4 Å². The lowest BCUT2D eigenvalue weighted by molar-refractivity contribution is 0.0942. The molecule has 1 aliphatic carbocycles. The fourth-order valence-corrected chi connectivity index (χ4v) is 2.76. The van der Waals surface area contributed by atoms with Crippen LogP contribution in [0.25, 0.3) is 0 Å². The molecule has 0 aliphatic heterocycles. The molecule has 3 heteroatoms. The van der Waals surface area contributed by atoms with Crippen LogP contribution in [0.4, 0.5) is 0 Å². The van der Waals surface area contributed by atoms with Crippen LogP contribution in [-0.2, 0) is 6.42 Å². The molecule has 0 heterocycles. The number of hydrogen-bond acceptors (Lipinski definition) is 3. The smallest absolute Gasteiger partial charge is 0.178 e. The molecular formula is C17H16O3. The van der Waals surface area contributed by atoms with Gasteiger partial charge in [0.1, 0.15) is 17.1 Å². The minimum atomic E-state index is -0.0867. The number of carbonyl (C=O) groups excluding carboxylic acids is 1. The van der Waals surface area contributed by atoms with Gasteiger partial charge in [-0.3, -0.25) is 4.79 Å². The third-order valence-corrected chi connectivity index (χ3v) is 3.85. The van der Waals surface area contributed by atoms with Gasteiger partial charge in [-0.15, -0.1) is 0 Å². The van der Waals surface area contributed by atoms with E-state index >= 15 is 0 Å². The summed E-state index contributed by atoms with van der Waals surface area (Å²) < 4.78 is 10.6. The maximum atomic E-state index is 12.8. The van der Waals surface area contributed by atoms with E-state index in [0.29, 0.717) is 17.1 Å². The molecule has 0 fully saturated rings. The first-order valence-electron chi connectivity index (χ1n) is 6.59. The summed E-state index contributed by atoms with van der Waals surface area (Å²) in [5.74, 6) is 1.12. The van der Waals surface area contributed by atoms with Gasteiger partial charge in [0.05, 0.1) is 20.1 Å². The first-order valence-corrected chi connectivity index (χ1v) is 6.59. The Labute approximate surface area is 118 Å². The van der Waals surface area contributed by atoms with Crippen molar-refractivity contribution in [1.29, 1.82) is 0 Å². The number of hydrogen-bond donors (Lipinski definition) is 0. The summed E-state index contributed by atoms with van der Waals surface area (Å²) in [6.07, 6.45) is 0.788. The molecule has 0 aromatic heterocycles. The predicted octanol–water partition coefficient (Wildman–Crippen LogP) is 3.23. The molecule has 0 spiro atoms. The van der Waals surface area contributed by atoms with Gasteiger partial charge in [-0.2, -0.15) is 0 Å². The standard InChI is InChI=1S/C17H16O3/c1-19-14-8-5-9-15(20-2)16(14)17(18)13-10-11-6-3-4-7-12(11)13/h3-9,13H,10H2,1-2H3. The van der Waals surface area contributed by atoms with Crippen molar-refractivity contribution >= 4 is 5.78 Å². The van der Waals surface area contributed by atoms with Gasteiger partial charge in [0.25, 0.3) is 0 Å². The highest BCUT2D eigenvalue weighted by atomic mass is 16.5. The lowest BCUT2D eigenvalue weighted by Gasteiger charge is -2.29. The normalized spacial score (nSPS) is 16.0. The quantitative estimate of drug-likeness (QED) is 0.799. The van der Waals surface area contributed by atoms with E-state index in [-0.39, 0.29) is 11.7 Å². The lowest BCUT2D eigenvalue weighted by Crippen LogP contribution is -2.26. The van der Waals surface area contributed by atoms with Crippen LogP contribution in [0.15, 0.2) is 42.5 Å². The summed E-state index contributed by atoms with van der Waals surface area (Å²) in [6, 6.07) is 13.5. The van der Waals surface area contributed by atoms with Gasteiger partial charge >= 0.3 is 0 Å². The molecule has 1 unspecified atom stereocenters. The zero-order chi connectivity index (χ0) is 14.1. The largest absolute Gasteiger partial charge is 0.496 e. The Balaban J connectivity index is 2.01. The number of carbonyl (C=O) groups is 1. The monoisotopic (exact) mass is 268 g/mol. The second-order valence-corrected chi connectivity index (χ2v) is 4.86. The first kappa shape index (κ1) is 12.7. The molecule has 20 heavy (non-hydrogen) atoms. The summed E-state index contributed by atoms with van der Waals surface area (Å²) in [6.45, 7) is 0. The number of fused-ring (bicyclic) bond motifs is 1. The van der Waals surface area contributed by atoms with Crippen LogP contribution < -0.4 is 9.47 Å². The fraction of sp³-hybridized carbons (Fsp3) is 0.235. The maximum Gasteiger partial charge on any atom is 0.178 e. The Hall–Kier alpha value is -2.29. The van der Waals surface area contributed by atoms with Crippen molar-refractivity contribution in [2.75, 3.05) is 14.2 Å². The number of rotatable bonds is 4. The Morgan fingerprint density at radius 1 is 1.00 bits per heavy atom. The van der Waals surface area contributed by atoms with Crippen LogP contribution in [-0.4, -0.2) is 20.0 Å². The van der Waals surface area contributed by atoms with Gasteiger partial charge in [-0.1, -0.05) is 30.3 Å². The number of ketones is 1. The van der Waals surface area contributed by atoms with E-state index < -0.39 is 0 Å². The third kappa shape index (κ3) is 1.86. The van der Waals surface area contributed by atoms with Crippen LogP contribution in [0.3, 0.4) is 0 Å². The van der Waals surface area contributed by atoms with E-state index in [4.69, 9.17) is 9.47 Å². The molecule has 0 saturated carbocycles. The second-order valence-electron chi connectivity index (χ2n) is 4.86. The molecule has 2 aromatic carbocycles. The average Bonchev–Trinajstić information content (AvgIpc) is 2.47. The molecule has 0 N–H and O–H groups in total. The molecule has 0 radical (unpaired) electrons. The van der Waals surface area contributed by atoms with E-state index in [1.54, 1.807) is 26.4 Å². The Kier molecular flexibility index (Phi) is 3.18. The zero-order valence-electron chi connectivity index (χ0n) is 11.6. The van der Waals surface area contributed by atoms with Crippen molar-refractivity contribution in [3.63, 3.8) is 0 Å². The highest BCUT2D eigenvalue weighted by molar-refractivity contribution is 6.06. The Morgan fingerprint density at radius 2 is 1.65 bits per heavy atom. The first-order chi connectivity index (χ1) is 9.76. The summed E-state index contributed by atoms with van der Waals surface area (Å²) in [7, 11) is 3.14. The van der Waals surface area contributed by atoms with Gasteiger partial charge in [-0.25, -0.2) is 0 Å². The number of methoxy groups -OCH3 is 2. The molecule has 102 valence electrons. The Morgan fingerprint density at radius 3 is 2.25 bits per heavy atom. The predicted molar refractivity (Wildman–Crippen MR) is 76.8 cm³/mol. The van der Waals surface area contributed by atoms with E-state index in [1.807, 2.05) is 24.3 Å². The van der Waals surface area contributed by atoms with E-state index in [9.17, 15) is 4.79 Å². The van der Waals surface area contributed by atoms with Crippen molar-refractivity contribution in [1.82, 2.24) is 0 Å². The number of ether oxygens (including phenoxy) is 2. The van der Waals surface area contributed by atoms with Crippen LogP contribution >= 0.6 is 0 Å². The van der Waals surface area contributed by atoms with Crippen molar-refractivity contribution < 1.29 is 14.3 Å². The van der Waals surface area contributed by atoms with Crippen molar-refractivity contribution in [2.24, 2.45) is 0 Å². The minimum Gasteiger partial charge on any atom is -0.496 e. The molecule has 3 nitrogen and oxygen atoms in total. The SMILES string of the molecule is COc1cccc(OC)c1C(=O)C1Cc2ccccc21. The summed E-state index contributed by atoms with van der Waals surface area (Å²) in [5, 5.41) is 0. The molecule has 0 bridgehead atoms. The molecule has 2 aromatic rings. The highest BCUT2D eigenvalue weighted by Crippen LogP contribution is 2.41. The second kappa shape index (κ2) is 5.00. The number of benzene rings is 2.